The number of hydrogen-bond acceptors (Lipinski definition) is 11. The van der Waals surface area contributed by atoms with Gasteiger partial charge in [-0.1, -0.05) is 19.9 Å². The van der Waals surface area contributed by atoms with E-state index in [1.165, 1.54) is 28.4 Å². The Bertz CT molecular complexity index is 2150. The van der Waals surface area contributed by atoms with Crippen molar-refractivity contribution >= 4 is 46.1 Å². The maximum atomic E-state index is 14.3. The third-order valence-electron chi connectivity index (χ3n) is 11.4. The third kappa shape index (κ3) is 8.42. The number of likely N-dealkylation sites (tertiary alicyclic amines) is 1. The first-order valence-corrected chi connectivity index (χ1v) is 20.7. The van der Waals surface area contributed by atoms with Gasteiger partial charge in [-0.3, -0.25) is 24.4 Å². The van der Waals surface area contributed by atoms with Crippen molar-refractivity contribution in [2.45, 2.75) is 91.0 Å². The minimum Gasteiger partial charge on any atom is -0.464 e. The number of cyclic esters (lactones) is 1. The number of hydrazine groups is 1. The standard InChI is InChI=1S/C42H53N7O7S/c1-7-48-34-15-14-26-19-29(34)30(37(48)28-12-8-16-43-36(28)25(2)54-5)21-42(3,4)24-56-40(52)31-13-10-18-49(46-31)39(51)32(20-35-44-33(26)23-57-35)45-38(50)27-11-9-17-47(22-27)41(53)55-6/h8,12,14-16,19,23,25,27,31-32,46H,7,9-11,13,17-18,20-22,24H2,1-6H3,(H,45,50)/t25-,27+,31-,32-/m0/s1. The van der Waals surface area contributed by atoms with Gasteiger partial charge in [0, 0.05) is 78.7 Å². The quantitative estimate of drug-likeness (QED) is 0.233. The van der Waals surface area contributed by atoms with E-state index in [2.05, 4.69) is 60.3 Å². The maximum Gasteiger partial charge on any atom is 0.409 e. The lowest BCUT2D eigenvalue weighted by molar-refractivity contribution is -0.155. The zero-order valence-corrected chi connectivity index (χ0v) is 34.4. The van der Waals surface area contributed by atoms with Crippen molar-refractivity contribution in [3.63, 3.8) is 0 Å². The van der Waals surface area contributed by atoms with Crippen LogP contribution in [0.15, 0.2) is 41.9 Å². The summed E-state index contributed by atoms with van der Waals surface area (Å²) in [7, 11) is 3.01. The molecule has 6 bridgehead atoms. The first-order valence-electron chi connectivity index (χ1n) is 19.9. The van der Waals surface area contributed by atoms with Crippen LogP contribution in [0.3, 0.4) is 0 Å². The number of nitrogens with zero attached hydrogens (tertiary/aromatic N) is 5. The van der Waals surface area contributed by atoms with Crippen LogP contribution in [0.5, 0.6) is 0 Å². The van der Waals surface area contributed by atoms with E-state index in [-0.39, 0.29) is 37.5 Å². The number of aromatic nitrogens is 3. The average Bonchev–Trinajstić information content (AvgIpc) is 3.82. The van der Waals surface area contributed by atoms with Crippen LogP contribution in [0.1, 0.15) is 75.7 Å². The Kier molecular flexibility index (Phi) is 12.0. The number of nitrogens with one attached hydrogen (secondary N) is 2. The minimum atomic E-state index is -0.969. The van der Waals surface area contributed by atoms with Crippen molar-refractivity contribution in [2.75, 3.05) is 40.5 Å². The summed E-state index contributed by atoms with van der Waals surface area (Å²) in [6.45, 7) is 10.3. The molecule has 4 atom stereocenters. The molecule has 0 unspecified atom stereocenters. The molecule has 2 fully saturated rings. The van der Waals surface area contributed by atoms with Crippen LogP contribution in [0.25, 0.3) is 33.4 Å². The lowest BCUT2D eigenvalue weighted by Gasteiger charge is -2.36. The molecule has 57 heavy (non-hydrogen) atoms. The van der Waals surface area contributed by atoms with Crippen LogP contribution >= 0.6 is 11.3 Å². The predicted octanol–water partition coefficient (Wildman–Crippen LogP) is 5.68. The lowest BCUT2D eigenvalue weighted by atomic mass is 9.84. The summed E-state index contributed by atoms with van der Waals surface area (Å²) < 4.78 is 19.1. The molecule has 15 heteroatoms. The molecule has 0 radical (unpaired) electrons. The second-order valence-corrected chi connectivity index (χ2v) is 17.0. The number of piperidine rings is 1. The summed E-state index contributed by atoms with van der Waals surface area (Å²) in [5, 5.41) is 8.19. The summed E-state index contributed by atoms with van der Waals surface area (Å²) in [5.41, 5.74) is 9.41. The Morgan fingerprint density at radius 3 is 2.72 bits per heavy atom. The number of rotatable bonds is 6. The summed E-state index contributed by atoms with van der Waals surface area (Å²) >= 11 is 1.43. The minimum absolute atomic E-state index is 0.148. The van der Waals surface area contributed by atoms with E-state index in [9.17, 15) is 19.2 Å². The van der Waals surface area contributed by atoms with Crippen LogP contribution in [0.2, 0.25) is 0 Å². The molecule has 2 saturated heterocycles. The number of aryl methyl sites for hydroxylation is 1. The zero-order chi connectivity index (χ0) is 40.4. The molecule has 7 rings (SSSR count). The fourth-order valence-electron chi connectivity index (χ4n) is 8.34. The molecule has 3 aliphatic heterocycles. The molecule has 3 aliphatic rings. The number of hydrogen-bond donors (Lipinski definition) is 2. The molecule has 3 amide bonds. The van der Waals surface area contributed by atoms with Crippen LogP contribution in [0.4, 0.5) is 4.79 Å². The van der Waals surface area contributed by atoms with Gasteiger partial charge >= 0.3 is 12.1 Å². The van der Waals surface area contributed by atoms with E-state index < -0.39 is 35.5 Å². The highest BCUT2D eigenvalue weighted by atomic mass is 32.1. The van der Waals surface area contributed by atoms with E-state index in [0.29, 0.717) is 56.7 Å². The summed E-state index contributed by atoms with van der Waals surface area (Å²) in [6, 6.07) is 8.74. The third-order valence-corrected chi connectivity index (χ3v) is 12.3. The van der Waals surface area contributed by atoms with Gasteiger partial charge in [0.25, 0.3) is 5.91 Å². The number of esters is 1. The van der Waals surface area contributed by atoms with Crippen molar-refractivity contribution in [1.82, 2.24) is 35.2 Å². The molecule has 0 saturated carbocycles. The highest BCUT2D eigenvalue weighted by Gasteiger charge is 2.37. The van der Waals surface area contributed by atoms with Gasteiger partial charge < -0.3 is 29.0 Å². The second kappa shape index (κ2) is 16.9. The number of benzene rings is 1. The largest absolute Gasteiger partial charge is 0.464 e. The Morgan fingerprint density at radius 1 is 1.14 bits per heavy atom. The van der Waals surface area contributed by atoms with Crippen molar-refractivity contribution < 1.29 is 33.4 Å². The lowest BCUT2D eigenvalue weighted by Crippen LogP contribution is -2.61. The monoisotopic (exact) mass is 799 g/mol. The van der Waals surface area contributed by atoms with Gasteiger partial charge in [-0.2, -0.15) is 0 Å². The Balaban J connectivity index is 1.30. The topological polar surface area (TPSA) is 157 Å². The fourth-order valence-corrected chi connectivity index (χ4v) is 9.19. The van der Waals surface area contributed by atoms with Crippen LogP contribution < -0.4 is 10.7 Å². The summed E-state index contributed by atoms with van der Waals surface area (Å²) in [5.74, 6) is -1.62. The number of pyridine rings is 1. The smallest absolute Gasteiger partial charge is 0.409 e. The Hall–Kier alpha value is -4.86. The fraction of sp³-hybridized carbons (Fsp3) is 0.524. The van der Waals surface area contributed by atoms with Crippen molar-refractivity contribution in [3.8, 4) is 22.5 Å². The van der Waals surface area contributed by atoms with Crippen molar-refractivity contribution in [1.29, 1.82) is 0 Å². The van der Waals surface area contributed by atoms with Crippen molar-refractivity contribution in [3.05, 3.63) is 58.2 Å². The number of carbonyl (C=O) groups is 4. The van der Waals surface area contributed by atoms with E-state index in [4.69, 9.17) is 24.2 Å². The molecule has 4 aromatic rings. The van der Waals surface area contributed by atoms with Crippen LogP contribution in [-0.2, 0) is 48.0 Å². The van der Waals surface area contributed by atoms with Gasteiger partial charge in [0.2, 0.25) is 5.91 Å². The average molecular weight is 800 g/mol. The maximum absolute atomic E-state index is 14.3. The van der Waals surface area contributed by atoms with Gasteiger partial charge in [0.05, 0.1) is 47.8 Å². The number of fused-ring (bicyclic) bond motifs is 6. The molecule has 6 heterocycles. The van der Waals surface area contributed by atoms with Gasteiger partial charge in [-0.25, -0.2) is 15.2 Å². The molecule has 304 valence electrons. The normalized spacial score (nSPS) is 22.1. The first kappa shape index (κ1) is 40.3. The number of methoxy groups -OCH3 is 2. The molecule has 0 spiro atoms. The molecule has 0 aliphatic carbocycles. The van der Waals surface area contributed by atoms with Gasteiger partial charge in [-0.05, 0) is 75.8 Å². The summed E-state index contributed by atoms with van der Waals surface area (Å²) in [6.07, 6.45) is 4.11. The number of amides is 3. The second-order valence-electron chi connectivity index (χ2n) is 16.0. The zero-order valence-electron chi connectivity index (χ0n) is 33.6. The molecule has 2 N–H and O–H groups in total. The number of ether oxygens (including phenoxy) is 3. The molecular weight excluding hydrogens is 747 g/mol. The molecule has 3 aromatic heterocycles. The number of thiazole rings is 1. The SMILES string of the molecule is CCn1c(-c2cccnc2[C@H](C)OC)c2c3cc(ccc31)-c1csc(n1)C[C@H](NC(=O)[C@@H]1CCCN(C(=O)OC)C1)C(=O)N1CCC[C@H](N1)C(=O)OCC(C)(C)C2. The van der Waals surface area contributed by atoms with Gasteiger partial charge in [-0.15, -0.1) is 11.3 Å². The Morgan fingerprint density at radius 2 is 1.95 bits per heavy atom. The summed E-state index contributed by atoms with van der Waals surface area (Å²) in [4.78, 5) is 65.4. The first-order chi connectivity index (χ1) is 27.4. The van der Waals surface area contributed by atoms with E-state index in [1.54, 1.807) is 13.3 Å². The highest BCUT2D eigenvalue weighted by molar-refractivity contribution is 7.10. The molecular formula is C42H53N7O7S. The molecule has 1 aromatic carbocycles. The highest BCUT2D eigenvalue weighted by Crippen LogP contribution is 2.42. The van der Waals surface area contributed by atoms with E-state index in [1.807, 2.05) is 18.4 Å². The van der Waals surface area contributed by atoms with E-state index >= 15 is 0 Å². The van der Waals surface area contributed by atoms with Gasteiger partial charge in [0.1, 0.15) is 12.1 Å². The number of carbonyl (C=O) groups excluding carboxylic acids is 4. The van der Waals surface area contributed by atoms with Crippen LogP contribution in [-0.4, -0.2) is 101 Å². The van der Waals surface area contributed by atoms with E-state index in [0.717, 1.165) is 44.7 Å². The predicted molar refractivity (Wildman–Crippen MR) is 216 cm³/mol. The van der Waals surface area contributed by atoms with Crippen LogP contribution in [0, 0.1) is 11.3 Å². The van der Waals surface area contributed by atoms with Gasteiger partial charge in [0.15, 0.2) is 0 Å². The van der Waals surface area contributed by atoms with Crippen molar-refractivity contribution in [2.24, 2.45) is 11.3 Å². The Labute approximate surface area is 337 Å². The molecule has 14 nitrogen and oxygen atoms in total.